The van der Waals surface area contributed by atoms with Gasteiger partial charge in [-0.15, -0.1) is 0 Å². The Morgan fingerprint density at radius 2 is 1.90 bits per heavy atom. The molecule has 0 bridgehead atoms. The largest absolute Gasteiger partial charge is 0.438 e. The zero-order valence-corrected chi connectivity index (χ0v) is 12.7. The molecule has 0 saturated carbocycles. The third kappa shape index (κ3) is 2.57. The molecule has 21 heavy (non-hydrogen) atoms. The van der Waals surface area contributed by atoms with Gasteiger partial charge in [0.15, 0.2) is 0 Å². The SMILES string of the molecule is Cc1cc(C#N)cc(C)c1Oc1nc(Cl)nc2c1CCC2. The van der Waals surface area contributed by atoms with E-state index in [-0.39, 0.29) is 5.28 Å². The van der Waals surface area contributed by atoms with Crippen LogP contribution in [0.4, 0.5) is 0 Å². The van der Waals surface area contributed by atoms with Gasteiger partial charge in [-0.2, -0.15) is 10.2 Å². The Balaban J connectivity index is 2.04. The van der Waals surface area contributed by atoms with Crippen LogP contribution in [0.2, 0.25) is 5.28 Å². The van der Waals surface area contributed by atoms with Crippen LogP contribution in [0.1, 0.15) is 34.4 Å². The van der Waals surface area contributed by atoms with Gasteiger partial charge in [0.2, 0.25) is 11.2 Å². The van der Waals surface area contributed by atoms with Crippen molar-refractivity contribution >= 4 is 11.6 Å². The Morgan fingerprint density at radius 1 is 1.19 bits per heavy atom. The number of rotatable bonds is 2. The predicted molar refractivity (Wildman–Crippen MR) is 79.8 cm³/mol. The first kappa shape index (κ1) is 13.8. The molecule has 0 saturated heterocycles. The molecule has 0 unspecified atom stereocenters. The average Bonchev–Trinajstić information content (AvgIpc) is 2.90. The molecule has 106 valence electrons. The Hall–Kier alpha value is -2.12. The molecular formula is C16H14ClN3O. The maximum Gasteiger partial charge on any atom is 0.227 e. The van der Waals surface area contributed by atoms with Crippen LogP contribution in [0.5, 0.6) is 11.6 Å². The third-order valence-electron chi connectivity index (χ3n) is 3.66. The van der Waals surface area contributed by atoms with Crippen molar-refractivity contribution in [1.82, 2.24) is 9.97 Å². The smallest absolute Gasteiger partial charge is 0.227 e. The highest BCUT2D eigenvalue weighted by Crippen LogP contribution is 2.35. The molecule has 0 amide bonds. The lowest BCUT2D eigenvalue weighted by Gasteiger charge is -2.14. The van der Waals surface area contributed by atoms with Crippen LogP contribution in [0.3, 0.4) is 0 Å². The second kappa shape index (κ2) is 5.34. The van der Waals surface area contributed by atoms with E-state index in [0.717, 1.165) is 47.4 Å². The molecule has 0 spiro atoms. The van der Waals surface area contributed by atoms with Gasteiger partial charge in [0, 0.05) is 5.56 Å². The minimum Gasteiger partial charge on any atom is -0.438 e. The maximum atomic E-state index is 9.00. The number of benzene rings is 1. The zero-order chi connectivity index (χ0) is 15.0. The summed E-state index contributed by atoms with van der Waals surface area (Å²) in [6, 6.07) is 5.77. The molecule has 1 aromatic heterocycles. The molecule has 1 aliphatic rings. The Bertz CT molecular complexity index is 742. The summed E-state index contributed by atoms with van der Waals surface area (Å²) >= 11 is 5.98. The Labute approximate surface area is 128 Å². The molecule has 0 fully saturated rings. The van der Waals surface area contributed by atoms with E-state index in [1.165, 1.54) is 0 Å². The van der Waals surface area contributed by atoms with Crippen molar-refractivity contribution in [3.05, 3.63) is 45.4 Å². The van der Waals surface area contributed by atoms with Crippen LogP contribution in [-0.4, -0.2) is 9.97 Å². The molecule has 5 heteroatoms. The van der Waals surface area contributed by atoms with Crippen molar-refractivity contribution in [3.63, 3.8) is 0 Å². The van der Waals surface area contributed by atoms with E-state index >= 15 is 0 Å². The fourth-order valence-electron chi connectivity index (χ4n) is 2.73. The maximum absolute atomic E-state index is 9.00. The van der Waals surface area contributed by atoms with Crippen LogP contribution in [0.25, 0.3) is 0 Å². The van der Waals surface area contributed by atoms with Gasteiger partial charge in [0.25, 0.3) is 0 Å². The fraction of sp³-hybridized carbons (Fsp3) is 0.312. The van der Waals surface area contributed by atoms with E-state index < -0.39 is 0 Å². The van der Waals surface area contributed by atoms with Gasteiger partial charge in [-0.25, -0.2) is 4.98 Å². The van der Waals surface area contributed by atoms with E-state index in [2.05, 4.69) is 16.0 Å². The van der Waals surface area contributed by atoms with Crippen LogP contribution in [0, 0.1) is 25.2 Å². The summed E-state index contributed by atoms with van der Waals surface area (Å²) in [7, 11) is 0. The second-order valence-corrected chi connectivity index (χ2v) is 5.57. The number of hydrogen-bond donors (Lipinski definition) is 0. The lowest BCUT2D eigenvalue weighted by Crippen LogP contribution is -2.00. The van der Waals surface area contributed by atoms with Gasteiger partial charge in [-0.3, -0.25) is 0 Å². The van der Waals surface area contributed by atoms with Crippen molar-refractivity contribution in [3.8, 4) is 17.7 Å². The van der Waals surface area contributed by atoms with Crippen molar-refractivity contribution in [2.45, 2.75) is 33.1 Å². The Kier molecular flexibility index (Phi) is 3.52. The van der Waals surface area contributed by atoms with Crippen LogP contribution in [0.15, 0.2) is 12.1 Å². The molecule has 1 heterocycles. The van der Waals surface area contributed by atoms with Gasteiger partial charge < -0.3 is 4.74 Å². The number of aromatic nitrogens is 2. The molecule has 0 radical (unpaired) electrons. The normalized spacial score (nSPS) is 12.9. The number of aryl methyl sites for hydroxylation is 3. The molecule has 4 nitrogen and oxygen atoms in total. The highest BCUT2D eigenvalue weighted by atomic mass is 35.5. The summed E-state index contributed by atoms with van der Waals surface area (Å²) in [6.45, 7) is 3.85. The number of halogens is 1. The second-order valence-electron chi connectivity index (χ2n) is 5.23. The summed E-state index contributed by atoms with van der Waals surface area (Å²) in [5.41, 5.74) is 4.47. The molecule has 1 aromatic carbocycles. The summed E-state index contributed by atoms with van der Waals surface area (Å²) in [6.07, 6.45) is 2.88. The summed E-state index contributed by atoms with van der Waals surface area (Å²) in [5, 5.41) is 9.22. The predicted octanol–water partition coefficient (Wildman–Crippen LogP) is 3.90. The minimum atomic E-state index is 0.217. The van der Waals surface area contributed by atoms with Crippen molar-refractivity contribution in [2.24, 2.45) is 0 Å². The van der Waals surface area contributed by atoms with Crippen LogP contribution < -0.4 is 4.74 Å². The highest BCUT2D eigenvalue weighted by molar-refractivity contribution is 6.28. The monoisotopic (exact) mass is 299 g/mol. The van der Waals surface area contributed by atoms with Gasteiger partial charge in [-0.05, 0) is 68.0 Å². The summed E-state index contributed by atoms with van der Waals surface area (Å²) in [5.74, 6) is 1.27. The van der Waals surface area contributed by atoms with Crippen molar-refractivity contribution < 1.29 is 4.74 Å². The molecule has 2 aromatic rings. The molecular weight excluding hydrogens is 286 g/mol. The fourth-order valence-corrected chi connectivity index (χ4v) is 2.90. The molecule has 0 atom stereocenters. The first-order valence-corrected chi connectivity index (χ1v) is 7.21. The van der Waals surface area contributed by atoms with Gasteiger partial charge in [0.05, 0.1) is 17.3 Å². The summed E-state index contributed by atoms with van der Waals surface area (Å²) < 4.78 is 6.02. The number of nitriles is 1. The molecule has 1 aliphatic carbocycles. The summed E-state index contributed by atoms with van der Waals surface area (Å²) in [4.78, 5) is 8.49. The van der Waals surface area contributed by atoms with Gasteiger partial charge in [0.1, 0.15) is 5.75 Å². The van der Waals surface area contributed by atoms with E-state index in [4.69, 9.17) is 21.6 Å². The highest BCUT2D eigenvalue weighted by Gasteiger charge is 2.21. The van der Waals surface area contributed by atoms with Gasteiger partial charge >= 0.3 is 0 Å². The third-order valence-corrected chi connectivity index (χ3v) is 3.83. The molecule has 3 rings (SSSR count). The number of fused-ring (bicyclic) bond motifs is 1. The van der Waals surface area contributed by atoms with Crippen LogP contribution in [-0.2, 0) is 12.8 Å². The van der Waals surface area contributed by atoms with Crippen LogP contribution >= 0.6 is 11.6 Å². The Morgan fingerprint density at radius 3 is 2.57 bits per heavy atom. The average molecular weight is 300 g/mol. The first-order valence-electron chi connectivity index (χ1n) is 6.83. The van der Waals surface area contributed by atoms with Gasteiger partial charge in [-0.1, -0.05) is 0 Å². The van der Waals surface area contributed by atoms with E-state index in [1.807, 2.05) is 26.0 Å². The number of nitrogens with zero attached hydrogens (tertiary/aromatic N) is 3. The minimum absolute atomic E-state index is 0.217. The zero-order valence-electron chi connectivity index (χ0n) is 11.9. The molecule has 0 aliphatic heterocycles. The molecule has 0 N–H and O–H groups in total. The standard InChI is InChI=1S/C16H14ClN3O/c1-9-6-11(8-18)7-10(2)14(9)21-15-12-4-3-5-13(12)19-16(17)20-15/h6-7H,3-5H2,1-2H3. The number of hydrogen-bond acceptors (Lipinski definition) is 4. The first-order chi connectivity index (χ1) is 10.1. The van der Waals surface area contributed by atoms with E-state index in [1.54, 1.807) is 0 Å². The quantitative estimate of drug-likeness (QED) is 0.789. The topological polar surface area (TPSA) is 58.8 Å². The van der Waals surface area contributed by atoms with Crippen molar-refractivity contribution in [1.29, 1.82) is 5.26 Å². The van der Waals surface area contributed by atoms with E-state index in [9.17, 15) is 0 Å². The lowest BCUT2D eigenvalue weighted by atomic mass is 10.1. The lowest BCUT2D eigenvalue weighted by molar-refractivity contribution is 0.449. The number of ether oxygens (including phenoxy) is 1. The van der Waals surface area contributed by atoms with Crippen molar-refractivity contribution in [2.75, 3.05) is 0 Å². The van der Waals surface area contributed by atoms with E-state index in [0.29, 0.717) is 11.4 Å².